The van der Waals surface area contributed by atoms with Gasteiger partial charge in [0.2, 0.25) is 10.0 Å². The van der Waals surface area contributed by atoms with Crippen molar-refractivity contribution in [2.75, 3.05) is 5.73 Å². The van der Waals surface area contributed by atoms with E-state index in [-0.39, 0.29) is 23.0 Å². The van der Waals surface area contributed by atoms with E-state index in [2.05, 4.69) is 9.88 Å². The first-order chi connectivity index (χ1) is 8.00. The molecule has 0 radical (unpaired) electrons. The Kier molecular flexibility index (Phi) is 2.90. The van der Waals surface area contributed by atoms with Crippen LogP contribution in [0.25, 0.3) is 0 Å². The van der Waals surface area contributed by atoms with Crippen molar-refractivity contribution >= 4 is 15.8 Å². The Balaban J connectivity index is 2.20. The smallest absolute Gasteiger partial charge is 0.248 e. The van der Waals surface area contributed by atoms with E-state index in [0.717, 1.165) is 0 Å². The van der Waals surface area contributed by atoms with Gasteiger partial charge >= 0.3 is 0 Å². The second kappa shape index (κ2) is 4.22. The molecule has 2 heterocycles. The fourth-order valence-electron chi connectivity index (χ4n) is 1.36. The topological polar surface area (TPSA) is 111 Å². The summed E-state index contributed by atoms with van der Waals surface area (Å²) in [6.07, 6.45) is 1.46. The second-order valence-electron chi connectivity index (χ2n) is 3.36. The number of sulfonamides is 1. The van der Waals surface area contributed by atoms with Gasteiger partial charge in [0.05, 0.1) is 12.8 Å². The third-order valence-corrected chi connectivity index (χ3v) is 3.68. The summed E-state index contributed by atoms with van der Waals surface area (Å²) in [5, 5.41) is 3.39. The molecule has 3 N–H and O–H groups in total. The molecule has 0 saturated heterocycles. The van der Waals surface area contributed by atoms with Gasteiger partial charge in [-0.25, -0.2) is 13.1 Å². The van der Waals surface area contributed by atoms with Crippen LogP contribution in [0.15, 0.2) is 32.2 Å². The fourth-order valence-corrected chi connectivity index (χ4v) is 2.56. The van der Waals surface area contributed by atoms with E-state index in [1.807, 2.05) is 0 Å². The van der Waals surface area contributed by atoms with Gasteiger partial charge in [-0.1, -0.05) is 5.16 Å². The highest BCUT2D eigenvalue weighted by Crippen LogP contribution is 2.21. The summed E-state index contributed by atoms with van der Waals surface area (Å²) in [4.78, 5) is -0.135. The highest BCUT2D eigenvalue weighted by Gasteiger charge is 2.24. The monoisotopic (exact) mass is 257 g/mol. The molecule has 0 atom stereocenters. The maximum Gasteiger partial charge on any atom is 0.248 e. The van der Waals surface area contributed by atoms with Crippen LogP contribution in [-0.4, -0.2) is 13.6 Å². The van der Waals surface area contributed by atoms with Gasteiger partial charge in [0, 0.05) is 0 Å². The van der Waals surface area contributed by atoms with Crippen LogP contribution >= 0.6 is 0 Å². The Morgan fingerprint density at radius 1 is 1.53 bits per heavy atom. The molecular formula is C9H11N3O4S. The van der Waals surface area contributed by atoms with Gasteiger partial charge < -0.3 is 14.7 Å². The van der Waals surface area contributed by atoms with Gasteiger partial charge in [-0.05, 0) is 19.1 Å². The molecule has 92 valence electrons. The first-order valence-corrected chi connectivity index (χ1v) is 6.23. The molecule has 0 unspecified atom stereocenters. The van der Waals surface area contributed by atoms with Gasteiger partial charge in [0.15, 0.2) is 16.5 Å². The van der Waals surface area contributed by atoms with Crippen LogP contribution in [0, 0.1) is 6.92 Å². The van der Waals surface area contributed by atoms with E-state index in [1.165, 1.54) is 13.2 Å². The first-order valence-electron chi connectivity index (χ1n) is 4.74. The Hall–Kier alpha value is -1.80. The zero-order valence-corrected chi connectivity index (χ0v) is 9.82. The van der Waals surface area contributed by atoms with E-state index in [9.17, 15) is 8.42 Å². The van der Waals surface area contributed by atoms with Crippen molar-refractivity contribution < 1.29 is 17.4 Å². The van der Waals surface area contributed by atoms with Crippen molar-refractivity contribution in [2.24, 2.45) is 0 Å². The van der Waals surface area contributed by atoms with Crippen molar-refractivity contribution in [3.63, 3.8) is 0 Å². The Morgan fingerprint density at radius 3 is 2.82 bits per heavy atom. The van der Waals surface area contributed by atoms with Crippen LogP contribution in [0.2, 0.25) is 0 Å². The molecule has 17 heavy (non-hydrogen) atoms. The van der Waals surface area contributed by atoms with Gasteiger partial charge in [0.1, 0.15) is 5.76 Å². The van der Waals surface area contributed by atoms with Crippen LogP contribution in [0.3, 0.4) is 0 Å². The number of nitrogen functional groups attached to an aromatic ring is 1. The molecular weight excluding hydrogens is 246 g/mol. The van der Waals surface area contributed by atoms with Crippen LogP contribution in [0.1, 0.15) is 11.5 Å². The number of nitrogens with one attached hydrogen (secondary N) is 1. The number of nitrogens with two attached hydrogens (primary N) is 1. The molecule has 0 bridgehead atoms. The van der Waals surface area contributed by atoms with Gasteiger partial charge in [-0.2, -0.15) is 0 Å². The average Bonchev–Trinajstić information content (AvgIpc) is 2.86. The minimum Gasteiger partial charge on any atom is -0.468 e. The number of furan rings is 1. The van der Waals surface area contributed by atoms with Crippen molar-refractivity contribution in [2.45, 2.75) is 18.4 Å². The van der Waals surface area contributed by atoms with E-state index < -0.39 is 10.0 Å². The van der Waals surface area contributed by atoms with E-state index in [0.29, 0.717) is 5.76 Å². The lowest BCUT2D eigenvalue weighted by Gasteiger charge is -2.03. The molecule has 0 spiro atoms. The van der Waals surface area contributed by atoms with Crippen LogP contribution < -0.4 is 10.5 Å². The summed E-state index contributed by atoms with van der Waals surface area (Å²) in [5.41, 5.74) is 5.43. The average molecular weight is 257 g/mol. The molecule has 0 saturated carbocycles. The summed E-state index contributed by atoms with van der Waals surface area (Å²) in [6, 6.07) is 3.33. The molecule has 0 aliphatic heterocycles. The number of aryl methyl sites for hydroxylation is 1. The minimum absolute atomic E-state index is 0.0411. The summed E-state index contributed by atoms with van der Waals surface area (Å²) < 4.78 is 35.8. The molecule has 2 rings (SSSR count). The molecule has 0 aromatic carbocycles. The van der Waals surface area contributed by atoms with Crippen LogP contribution in [-0.2, 0) is 16.6 Å². The lowest BCUT2D eigenvalue weighted by molar-refractivity contribution is 0.396. The predicted octanol–water partition coefficient (Wildman–Crippen LogP) is 0.637. The van der Waals surface area contributed by atoms with Crippen molar-refractivity contribution in [3.8, 4) is 0 Å². The molecule has 0 amide bonds. The quantitative estimate of drug-likeness (QED) is 0.831. The van der Waals surface area contributed by atoms with Crippen molar-refractivity contribution in [1.29, 1.82) is 0 Å². The van der Waals surface area contributed by atoms with Crippen LogP contribution in [0.5, 0.6) is 0 Å². The molecule has 8 heteroatoms. The highest BCUT2D eigenvalue weighted by molar-refractivity contribution is 7.89. The Labute approximate surface area is 97.6 Å². The summed E-state index contributed by atoms with van der Waals surface area (Å²) in [7, 11) is -3.75. The van der Waals surface area contributed by atoms with Gasteiger partial charge in [0.25, 0.3) is 0 Å². The number of rotatable bonds is 4. The number of aromatic nitrogens is 1. The number of hydrogen-bond donors (Lipinski definition) is 2. The summed E-state index contributed by atoms with van der Waals surface area (Å²) in [5.74, 6) is 0.491. The lowest BCUT2D eigenvalue weighted by atomic mass is 10.5. The lowest BCUT2D eigenvalue weighted by Crippen LogP contribution is -2.24. The Bertz CT molecular complexity index is 581. The predicted molar refractivity (Wildman–Crippen MR) is 58.4 cm³/mol. The zero-order valence-electron chi connectivity index (χ0n) is 9.00. The third kappa shape index (κ3) is 2.32. The minimum atomic E-state index is -3.75. The molecule has 0 fully saturated rings. The van der Waals surface area contributed by atoms with E-state index >= 15 is 0 Å². The van der Waals surface area contributed by atoms with E-state index in [4.69, 9.17) is 14.7 Å². The molecule has 7 nitrogen and oxygen atoms in total. The SMILES string of the molecule is Cc1onc(N)c1S(=O)(=O)NCc1ccco1. The molecule has 0 aliphatic rings. The van der Waals surface area contributed by atoms with Gasteiger partial charge in [-0.3, -0.25) is 0 Å². The molecule has 2 aromatic rings. The largest absolute Gasteiger partial charge is 0.468 e. The first kappa shape index (κ1) is 11.7. The maximum atomic E-state index is 11.9. The molecule has 0 aliphatic carbocycles. The number of anilines is 1. The zero-order chi connectivity index (χ0) is 12.5. The van der Waals surface area contributed by atoms with E-state index in [1.54, 1.807) is 12.1 Å². The van der Waals surface area contributed by atoms with Gasteiger partial charge in [-0.15, -0.1) is 0 Å². The molecule has 2 aromatic heterocycles. The summed E-state index contributed by atoms with van der Waals surface area (Å²) >= 11 is 0. The Morgan fingerprint density at radius 2 is 2.29 bits per heavy atom. The second-order valence-corrected chi connectivity index (χ2v) is 5.06. The normalized spacial score (nSPS) is 11.8. The fraction of sp³-hybridized carbons (Fsp3) is 0.222. The highest BCUT2D eigenvalue weighted by atomic mass is 32.2. The van der Waals surface area contributed by atoms with Crippen molar-refractivity contribution in [3.05, 3.63) is 29.9 Å². The van der Waals surface area contributed by atoms with Crippen molar-refractivity contribution in [1.82, 2.24) is 9.88 Å². The summed E-state index contributed by atoms with van der Waals surface area (Å²) in [6.45, 7) is 1.52. The third-order valence-electron chi connectivity index (χ3n) is 2.12. The number of nitrogens with zero attached hydrogens (tertiary/aromatic N) is 1. The van der Waals surface area contributed by atoms with Crippen LogP contribution in [0.4, 0.5) is 5.82 Å². The maximum absolute atomic E-state index is 11.9. The standard InChI is InChI=1S/C9H11N3O4S/c1-6-8(9(10)12-16-6)17(13,14)11-5-7-3-2-4-15-7/h2-4,11H,5H2,1H3,(H2,10,12). The number of hydrogen-bond acceptors (Lipinski definition) is 6.